The van der Waals surface area contributed by atoms with Crippen LogP contribution >= 0.6 is 0 Å². The van der Waals surface area contributed by atoms with Crippen LogP contribution in [0.5, 0.6) is 0 Å². The van der Waals surface area contributed by atoms with Gasteiger partial charge in [-0.15, -0.1) is 0 Å². The van der Waals surface area contributed by atoms with Gasteiger partial charge in [0.05, 0.1) is 0 Å². The Bertz CT molecular complexity index is 1130. The van der Waals surface area contributed by atoms with Gasteiger partial charge < -0.3 is 15.0 Å². The minimum absolute atomic E-state index is 0.0525. The molecule has 0 atom stereocenters. The number of hydrogen-bond acceptors (Lipinski definition) is 3. The number of fused-ring (bicyclic) bond motifs is 1. The molecule has 3 rings (SSSR count). The highest BCUT2D eigenvalue weighted by Gasteiger charge is 2.13. The van der Waals surface area contributed by atoms with Crippen LogP contribution in [0.3, 0.4) is 0 Å². The molecule has 6 heteroatoms. The van der Waals surface area contributed by atoms with Gasteiger partial charge in [0, 0.05) is 28.4 Å². The highest BCUT2D eigenvalue weighted by Crippen LogP contribution is 2.24. The first-order chi connectivity index (χ1) is 14.5. The summed E-state index contributed by atoms with van der Waals surface area (Å²) in [6.07, 6.45) is 6.37. The number of nitriles is 1. The van der Waals surface area contributed by atoms with Crippen molar-refractivity contribution in [1.82, 2.24) is 4.57 Å². The van der Waals surface area contributed by atoms with Gasteiger partial charge in [-0.3, -0.25) is 9.59 Å². The van der Waals surface area contributed by atoms with Crippen molar-refractivity contribution in [3.8, 4) is 6.07 Å². The van der Waals surface area contributed by atoms with Crippen LogP contribution in [0.25, 0.3) is 17.0 Å². The molecular weight excluding hydrogens is 378 g/mol. The van der Waals surface area contributed by atoms with Crippen molar-refractivity contribution in [2.45, 2.75) is 32.7 Å². The van der Waals surface area contributed by atoms with Gasteiger partial charge >= 0.3 is 5.97 Å². The number of nitrogens with one attached hydrogen (secondary N) is 1. The molecule has 0 radical (unpaired) electrons. The topological polar surface area (TPSA) is 95.1 Å². The van der Waals surface area contributed by atoms with Crippen LogP contribution in [0.2, 0.25) is 0 Å². The van der Waals surface area contributed by atoms with Crippen LogP contribution in [-0.2, 0) is 22.6 Å². The third-order valence-corrected chi connectivity index (χ3v) is 4.82. The molecule has 1 aromatic heterocycles. The monoisotopic (exact) mass is 401 g/mol. The van der Waals surface area contributed by atoms with Gasteiger partial charge in [-0.2, -0.15) is 5.26 Å². The summed E-state index contributed by atoms with van der Waals surface area (Å²) in [5.41, 5.74) is 3.12. The number of carbonyl (C=O) groups excluding carboxylic acids is 1. The maximum atomic E-state index is 12.6. The van der Waals surface area contributed by atoms with Crippen LogP contribution in [0.4, 0.5) is 5.69 Å². The summed E-state index contributed by atoms with van der Waals surface area (Å²) in [7, 11) is 0. The zero-order valence-electron chi connectivity index (χ0n) is 16.8. The molecule has 152 valence electrons. The molecule has 1 amide bonds. The standard InChI is InChI=1S/C24H23N3O3/c1-2-3-6-17-9-11-20(12-10-17)26-24(30)18(14-25)13-19-15-27(16-23(28)29)22-8-5-4-7-21(19)22/h4-5,7-13,15H,2-3,6,16H2,1H3,(H,26,30)(H,28,29)/b18-13+. The molecule has 0 spiro atoms. The second kappa shape index (κ2) is 9.57. The van der Waals surface area contributed by atoms with Gasteiger partial charge in [-0.25, -0.2) is 0 Å². The number of carboxylic acids is 1. The molecule has 6 nitrogen and oxygen atoms in total. The number of aromatic nitrogens is 1. The Morgan fingerprint density at radius 1 is 1.17 bits per heavy atom. The lowest BCUT2D eigenvalue weighted by molar-refractivity contribution is -0.137. The Kier molecular flexibility index (Phi) is 6.66. The molecule has 0 saturated heterocycles. The number of benzene rings is 2. The van der Waals surface area contributed by atoms with Crippen LogP contribution < -0.4 is 5.32 Å². The zero-order chi connectivity index (χ0) is 21.5. The second-order valence-electron chi connectivity index (χ2n) is 7.05. The first-order valence-electron chi connectivity index (χ1n) is 9.83. The molecule has 0 aliphatic carbocycles. The zero-order valence-corrected chi connectivity index (χ0v) is 16.8. The fraction of sp³-hybridized carbons (Fsp3) is 0.208. The molecule has 1 heterocycles. The van der Waals surface area contributed by atoms with Gasteiger partial charge in [0.15, 0.2) is 0 Å². The third-order valence-electron chi connectivity index (χ3n) is 4.82. The number of carbonyl (C=O) groups is 2. The molecule has 0 unspecified atom stereocenters. The average molecular weight is 401 g/mol. The van der Waals surface area contributed by atoms with Crippen LogP contribution in [0.1, 0.15) is 30.9 Å². The van der Waals surface area contributed by atoms with E-state index in [1.807, 2.05) is 54.6 Å². The number of amides is 1. The Morgan fingerprint density at radius 2 is 1.90 bits per heavy atom. The second-order valence-corrected chi connectivity index (χ2v) is 7.05. The maximum Gasteiger partial charge on any atom is 0.323 e. The first kappa shape index (κ1) is 20.9. The number of rotatable bonds is 8. The van der Waals surface area contributed by atoms with E-state index in [4.69, 9.17) is 5.11 Å². The first-order valence-corrected chi connectivity index (χ1v) is 9.83. The van der Waals surface area contributed by atoms with E-state index in [0.717, 1.165) is 30.2 Å². The summed E-state index contributed by atoms with van der Waals surface area (Å²) in [4.78, 5) is 23.8. The molecule has 2 aromatic carbocycles. The minimum atomic E-state index is -0.966. The summed E-state index contributed by atoms with van der Waals surface area (Å²) in [5, 5.41) is 22.2. The number of aryl methyl sites for hydroxylation is 1. The van der Waals surface area contributed by atoms with E-state index in [9.17, 15) is 14.9 Å². The maximum absolute atomic E-state index is 12.6. The molecule has 0 fully saturated rings. The lowest BCUT2D eigenvalue weighted by Crippen LogP contribution is -2.13. The molecule has 2 N–H and O–H groups in total. The van der Waals surface area contributed by atoms with E-state index in [-0.39, 0.29) is 12.1 Å². The third kappa shape index (κ3) is 4.95. The summed E-state index contributed by atoms with van der Waals surface area (Å²) in [6, 6.07) is 16.8. The van der Waals surface area contributed by atoms with Crippen molar-refractivity contribution < 1.29 is 14.7 Å². The fourth-order valence-corrected chi connectivity index (χ4v) is 3.30. The number of para-hydroxylation sites is 1. The van der Waals surface area contributed by atoms with Gasteiger partial charge in [-0.05, 0) is 42.7 Å². The predicted octanol–water partition coefficient (Wildman–Crippen LogP) is 4.61. The van der Waals surface area contributed by atoms with Crippen molar-refractivity contribution in [3.63, 3.8) is 0 Å². The molecule has 0 aliphatic heterocycles. The summed E-state index contributed by atoms with van der Waals surface area (Å²) in [5.74, 6) is -1.47. The number of carboxylic acid groups (broad SMARTS) is 1. The van der Waals surface area contributed by atoms with Crippen molar-refractivity contribution >= 4 is 34.5 Å². The van der Waals surface area contributed by atoms with Gasteiger partial charge in [0.2, 0.25) is 0 Å². The van der Waals surface area contributed by atoms with E-state index >= 15 is 0 Å². The van der Waals surface area contributed by atoms with E-state index in [2.05, 4.69) is 12.2 Å². The van der Waals surface area contributed by atoms with Crippen LogP contribution in [0.15, 0.2) is 60.3 Å². The summed E-state index contributed by atoms with van der Waals surface area (Å²) < 4.78 is 1.59. The van der Waals surface area contributed by atoms with Crippen molar-refractivity contribution in [2.24, 2.45) is 0 Å². The Morgan fingerprint density at radius 3 is 2.57 bits per heavy atom. The Labute approximate surface area is 175 Å². The molecule has 0 aliphatic rings. The number of hydrogen-bond donors (Lipinski definition) is 2. The number of nitrogens with zero attached hydrogens (tertiary/aromatic N) is 2. The van der Waals surface area contributed by atoms with Crippen LogP contribution in [-0.4, -0.2) is 21.6 Å². The highest BCUT2D eigenvalue weighted by molar-refractivity contribution is 6.10. The van der Waals surface area contributed by atoms with Crippen molar-refractivity contribution in [2.75, 3.05) is 5.32 Å². The molecule has 30 heavy (non-hydrogen) atoms. The SMILES string of the molecule is CCCCc1ccc(NC(=O)/C(C#N)=C/c2cn(CC(=O)O)c3ccccc23)cc1. The Balaban J connectivity index is 1.84. The van der Waals surface area contributed by atoms with E-state index in [0.29, 0.717) is 11.3 Å². The molecule has 0 saturated carbocycles. The van der Waals surface area contributed by atoms with E-state index in [1.165, 1.54) is 11.6 Å². The summed E-state index contributed by atoms with van der Waals surface area (Å²) in [6.45, 7) is 1.94. The molecule has 3 aromatic rings. The number of aliphatic carboxylic acids is 1. The number of unbranched alkanes of at least 4 members (excludes halogenated alkanes) is 1. The predicted molar refractivity (Wildman–Crippen MR) is 117 cm³/mol. The van der Waals surface area contributed by atoms with Gasteiger partial charge in [0.25, 0.3) is 5.91 Å². The highest BCUT2D eigenvalue weighted by atomic mass is 16.4. The Hall–Kier alpha value is -3.85. The van der Waals surface area contributed by atoms with Gasteiger partial charge in [0.1, 0.15) is 18.2 Å². The minimum Gasteiger partial charge on any atom is -0.480 e. The number of anilines is 1. The molecular formula is C24H23N3O3. The van der Waals surface area contributed by atoms with E-state index in [1.54, 1.807) is 10.8 Å². The lowest BCUT2D eigenvalue weighted by Gasteiger charge is -2.06. The van der Waals surface area contributed by atoms with Crippen molar-refractivity contribution in [1.29, 1.82) is 5.26 Å². The lowest BCUT2D eigenvalue weighted by atomic mass is 10.1. The van der Waals surface area contributed by atoms with Crippen LogP contribution in [0, 0.1) is 11.3 Å². The summed E-state index contributed by atoms with van der Waals surface area (Å²) >= 11 is 0. The normalized spacial score (nSPS) is 11.3. The largest absolute Gasteiger partial charge is 0.480 e. The van der Waals surface area contributed by atoms with Gasteiger partial charge in [-0.1, -0.05) is 43.7 Å². The fourth-order valence-electron chi connectivity index (χ4n) is 3.30. The van der Waals surface area contributed by atoms with E-state index < -0.39 is 11.9 Å². The van der Waals surface area contributed by atoms with Crippen molar-refractivity contribution in [3.05, 3.63) is 71.4 Å². The average Bonchev–Trinajstić information content (AvgIpc) is 3.08. The smallest absolute Gasteiger partial charge is 0.323 e. The quantitative estimate of drug-likeness (QED) is 0.425. The molecule has 0 bridgehead atoms.